The molecule has 5 rings (SSSR count). The number of fused-ring (bicyclic) bond motifs is 1. The third-order valence-corrected chi connectivity index (χ3v) is 7.71. The minimum Gasteiger partial charge on any atom is -0.368 e. The van der Waals surface area contributed by atoms with Crippen molar-refractivity contribution in [3.05, 3.63) is 42.6 Å². The van der Waals surface area contributed by atoms with Crippen molar-refractivity contribution >= 4 is 46.1 Å². The van der Waals surface area contributed by atoms with E-state index in [2.05, 4.69) is 35.8 Å². The molecule has 3 aromatic rings. The van der Waals surface area contributed by atoms with Gasteiger partial charge in [0.05, 0.1) is 6.04 Å². The molecular formula is C29H39N9O2. The molecule has 1 saturated heterocycles. The first-order chi connectivity index (χ1) is 19.4. The van der Waals surface area contributed by atoms with E-state index in [0.717, 1.165) is 55.5 Å². The fraction of sp³-hybridized carbons (Fsp3) is 0.483. The molecule has 1 unspecified atom stereocenters. The number of carbonyl (C=O) groups is 2. The lowest BCUT2D eigenvalue weighted by atomic mass is 9.96. The lowest BCUT2D eigenvalue weighted by molar-refractivity contribution is -0.133. The van der Waals surface area contributed by atoms with Crippen LogP contribution in [0.3, 0.4) is 0 Å². The molecule has 0 bridgehead atoms. The number of rotatable bonds is 7. The van der Waals surface area contributed by atoms with Gasteiger partial charge in [0, 0.05) is 55.2 Å². The van der Waals surface area contributed by atoms with Gasteiger partial charge in [0.25, 0.3) is 0 Å². The number of carbonyl (C=O) groups excluding carboxylic acids is 2. The molecule has 0 spiro atoms. The van der Waals surface area contributed by atoms with Gasteiger partial charge in [-0.05, 0) is 55.2 Å². The first-order valence-corrected chi connectivity index (χ1v) is 14.2. The van der Waals surface area contributed by atoms with Gasteiger partial charge in [-0.25, -0.2) is 14.8 Å². The Morgan fingerprint density at radius 1 is 0.950 bits per heavy atom. The molecule has 2 aliphatic rings. The highest BCUT2D eigenvalue weighted by Gasteiger charge is 2.27. The van der Waals surface area contributed by atoms with Gasteiger partial charge in [-0.15, -0.1) is 0 Å². The molecule has 5 N–H and O–H groups in total. The van der Waals surface area contributed by atoms with Gasteiger partial charge < -0.3 is 26.2 Å². The fourth-order valence-electron chi connectivity index (χ4n) is 5.19. The third-order valence-electron chi connectivity index (χ3n) is 7.71. The Bertz CT molecular complexity index is 1320. The van der Waals surface area contributed by atoms with E-state index in [0.29, 0.717) is 30.5 Å². The number of nitrogens with zero attached hydrogens (tertiary/aromatic N) is 5. The van der Waals surface area contributed by atoms with Gasteiger partial charge in [0.15, 0.2) is 5.65 Å². The topological polar surface area (TPSA) is 141 Å². The van der Waals surface area contributed by atoms with E-state index >= 15 is 0 Å². The van der Waals surface area contributed by atoms with E-state index < -0.39 is 6.04 Å². The SMILES string of the molecule is CC(C)C(N)C(=O)N1CCN(c2ccc(Nc3ncc4ccc(NC(=O)NC5CCCCC5)nc4n3)cc2)CC1. The lowest BCUT2D eigenvalue weighted by Crippen LogP contribution is -2.54. The predicted molar refractivity (Wildman–Crippen MR) is 158 cm³/mol. The summed E-state index contributed by atoms with van der Waals surface area (Å²) in [6.07, 6.45) is 7.30. The van der Waals surface area contributed by atoms with Crippen LogP contribution < -0.4 is 26.6 Å². The van der Waals surface area contributed by atoms with Crippen molar-refractivity contribution in [3.63, 3.8) is 0 Å². The maximum Gasteiger partial charge on any atom is 0.320 e. The lowest BCUT2D eigenvalue weighted by Gasteiger charge is -2.37. The Hall–Kier alpha value is -3.99. The number of urea groups is 1. The molecule has 212 valence electrons. The summed E-state index contributed by atoms with van der Waals surface area (Å²) in [5.74, 6) is 1.03. The van der Waals surface area contributed by atoms with Crippen LogP contribution in [0, 0.1) is 5.92 Å². The molecule has 1 aliphatic carbocycles. The number of hydrogen-bond acceptors (Lipinski definition) is 8. The van der Waals surface area contributed by atoms with E-state index in [9.17, 15) is 9.59 Å². The number of pyridine rings is 1. The molecule has 3 heterocycles. The van der Waals surface area contributed by atoms with Crippen LogP contribution in [-0.4, -0.2) is 70.1 Å². The molecule has 2 fully saturated rings. The minimum absolute atomic E-state index is 0.0321. The molecule has 1 saturated carbocycles. The molecule has 1 aliphatic heterocycles. The number of anilines is 4. The fourth-order valence-corrected chi connectivity index (χ4v) is 5.19. The normalized spacial score (nSPS) is 17.1. The summed E-state index contributed by atoms with van der Waals surface area (Å²) in [6, 6.07) is 11.2. The second kappa shape index (κ2) is 12.5. The Morgan fingerprint density at radius 3 is 2.38 bits per heavy atom. The van der Waals surface area contributed by atoms with Crippen molar-refractivity contribution in [2.24, 2.45) is 11.7 Å². The predicted octanol–water partition coefficient (Wildman–Crippen LogP) is 3.85. The van der Waals surface area contributed by atoms with Crippen molar-refractivity contribution in [2.75, 3.05) is 41.7 Å². The maximum absolute atomic E-state index is 12.6. The summed E-state index contributed by atoms with van der Waals surface area (Å²) in [5, 5.41) is 9.90. The van der Waals surface area contributed by atoms with Crippen LogP contribution in [0.25, 0.3) is 11.0 Å². The summed E-state index contributed by atoms with van der Waals surface area (Å²) in [6.45, 7) is 6.80. The molecule has 3 amide bonds. The van der Waals surface area contributed by atoms with Crippen molar-refractivity contribution in [2.45, 2.75) is 58.0 Å². The van der Waals surface area contributed by atoms with Crippen LogP contribution in [0.1, 0.15) is 46.0 Å². The monoisotopic (exact) mass is 545 g/mol. The molecule has 11 heteroatoms. The highest BCUT2D eigenvalue weighted by molar-refractivity contribution is 5.90. The van der Waals surface area contributed by atoms with Gasteiger partial charge in [0.1, 0.15) is 5.82 Å². The molecule has 11 nitrogen and oxygen atoms in total. The van der Waals surface area contributed by atoms with E-state index in [4.69, 9.17) is 5.73 Å². The van der Waals surface area contributed by atoms with Crippen LogP contribution in [0.5, 0.6) is 0 Å². The maximum atomic E-state index is 12.6. The zero-order valence-electron chi connectivity index (χ0n) is 23.3. The summed E-state index contributed by atoms with van der Waals surface area (Å²) >= 11 is 0. The third kappa shape index (κ3) is 6.77. The zero-order chi connectivity index (χ0) is 28.1. The van der Waals surface area contributed by atoms with Gasteiger partial charge in [-0.3, -0.25) is 10.1 Å². The number of amides is 3. The van der Waals surface area contributed by atoms with Gasteiger partial charge >= 0.3 is 6.03 Å². The molecule has 1 atom stereocenters. The van der Waals surface area contributed by atoms with Crippen molar-refractivity contribution < 1.29 is 9.59 Å². The smallest absolute Gasteiger partial charge is 0.320 e. The first kappa shape index (κ1) is 27.6. The van der Waals surface area contributed by atoms with Crippen molar-refractivity contribution in [1.82, 2.24) is 25.2 Å². The van der Waals surface area contributed by atoms with Gasteiger partial charge in [0.2, 0.25) is 11.9 Å². The number of nitrogens with one attached hydrogen (secondary N) is 3. The largest absolute Gasteiger partial charge is 0.368 e. The quantitative estimate of drug-likeness (QED) is 0.351. The highest BCUT2D eigenvalue weighted by Crippen LogP contribution is 2.23. The second-order valence-electron chi connectivity index (χ2n) is 11.0. The number of benzene rings is 1. The standard InChI is InChI=1S/C29H39N9O2/c1-19(2)25(30)27(39)38-16-14-37(15-17-38)23-11-9-22(10-12-23)32-28-31-18-20-8-13-24(34-26(20)36-28)35-29(40)33-21-6-4-3-5-7-21/h8-13,18-19,21,25H,3-7,14-17,30H2,1-2H3,(H3,31,32,33,34,35,36,40). The number of piperazine rings is 1. The Kier molecular flexibility index (Phi) is 8.59. The van der Waals surface area contributed by atoms with E-state index in [1.54, 1.807) is 12.3 Å². The van der Waals surface area contributed by atoms with Gasteiger partial charge in [-0.2, -0.15) is 4.98 Å². The van der Waals surface area contributed by atoms with E-state index in [1.165, 1.54) is 6.42 Å². The average molecular weight is 546 g/mol. The molecular weight excluding hydrogens is 506 g/mol. The molecule has 2 aromatic heterocycles. The van der Waals surface area contributed by atoms with Crippen LogP contribution >= 0.6 is 0 Å². The summed E-state index contributed by atoms with van der Waals surface area (Å²) in [5.41, 5.74) is 8.49. The Labute approximate surface area is 234 Å². The zero-order valence-corrected chi connectivity index (χ0v) is 23.3. The second-order valence-corrected chi connectivity index (χ2v) is 11.0. The number of hydrogen-bond donors (Lipinski definition) is 4. The highest BCUT2D eigenvalue weighted by atomic mass is 16.2. The van der Waals surface area contributed by atoms with E-state index in [1.807, 2.05) is 49.1 Å². The average Bonchev–Trinajstić information content (AvgIpc) is 2.97. The van der Waals surface area contributed by atoms with Gasteiger partial charge in [-0.1, -0.05) is 33.1 Å². The summed E-state index contributed by atoms with van der Waals surface area (Å²) in [4.78, 5) is 42.6. The molecule has 0 radical (unpaired) electrons. The van der Waals surface area contributed by atoms with E-state index in [-0.39, 0.29) is 23.9 Å². The number of nitrogens with two attached hydrogens (primary N) is 1. The summed E-state index contributed by atoms with van der Waals surface area (Å²) < 4.78 is 0. The van der Waals surface area contributed by atoms with Crippen molar-refractivity contribution in [3.8, 4) is 0 Å². The number of aromatic nitrogens is 3. The van der Waals surface area contributed by atoms with Crippen molar-refractivity contribution in [1.29, 1.82) is 0 Å². The molecule has 1 aromatic carbocycles. The minimum atomic E-state index is -0.446. The summed E-state index contributed by atoms with van der Waals surface area (Å²) in [7, 11) is 0. The van der Waals surface area contributed by atoms with Crippen LogP contribution in [0.4, 0.5) is 27.9 Å². The Morgan fingerprint density at radius 2 is 1.68 bits per heavy atom. The Balaban J connectivity index is 1.17. The molecule has 40 heavy (non-hydrogen) atoms. The van der Waals surface area contributed by atoms with Crippen LogP contribution in [0.2, 0.25) is 0 Å². The first-order valence-electron chi connectivity index (χ1n) is 14.2. The van der Waals surface area contributed by atoms with Crippen LogP contribution in [-0.2, 0) is 4.79 Å². The van der Waals surface area contributed by atoms with Crippen LogP contribution in [0.15, 0.2) is 42.6 Å².